The van der Waals surface area contributed by atoms with Crippen LogP contribution in [0.1, 0.15) is 0 Å². The molecule has 0 spiro atoms. The Balaban J connectivity index is 1.49. The van der Waals surface area contributed by atoms with Crippen LogP contribution in [0.2, 0.25) is 0 Å². The predicted molar refractivity (Wildman–Crippen MR) is 162 cm³/mol. The second-order valence-electron chi connectivity index (χ2n) is 9.83. The Bertz CT molecular complexity index is 2400. The minimum Gasteiger partial charge on any atom is -0.456 e. The van der Waals surface area contributed by atoms with Crippen LogP contribution in [-0.2, 0) is 0 Å². The van der Waals surface area contributed by atoms with Gasteiger partial charge in [-0.05, 0) is 30.3 Å². The Morgan fingerprint density at radius 1 is 0.564 bits per heavy atom. The molecule has 4 aromatic heterocycles. The molecule has 39 heavy (non-hydrogen) atoms. The lowest BCUT2D eigenvalue weighted by Crippen LogP contribution is -2.01. The molecular weight excluding hydrogens is 498 g/mol. The van der Waals surface area contributed by atoms with Crippen molar-refractivity contribution in [2.75, 3.05) is 0 Å². The molecule has 0 bridgehead atoms. The maximum atomic E-state index is 6.28. The fraction of sp³-hybridized carbons (Fsp3) is 0. The van der Waals surface area contributed by atoms with Crippen molar-refractivity contribution < 1.29 is 4.42 Å². The maximum Gasteiger partial charge on any atom is 0.163 e. The third-order valence-corrected chi connectivity index (χ3v) is 8.70. The SMILES string of the molecule is c1ccc(-c2nc(-n3c4ccccc4c4cc5oc6ccccc6c5cc43)c3c(n2)sc2ccccc23)cc1. The Kier molecular flexibility index (Phi) is 4.18. The number of para-hydroxylation sites is 2. The molecule has 5 heteroatoms. The smallest absolute Gasteiger partial charge is 0.163 e. The van der Waals surface area contributed by atoms with Crippen molar-refractivity contribution >= 4 is 75.4 Å². The summed E-state index contributed by atoms with van der Waals surface area (Å²) in [5.41, 5.74) is 5.01. The molecule has 0 aliphatic carbocycles. The quantitative estimate of drug-likeness (QED) is 0.229. The van der Waals surface area contributed by atoms with E-state index in [9.17, 15) is 0 Å². The van der Waals surface area contributed by atoms with E-state index < -0.39 is 0 Å². The summed E-state index contributed by atoms with van der Waals surface area (Å²) in [7, 11) is 0. The van der Waals surface area contributed by atoms with E-state index in [-0.39, 0.29) is 0 Å². The van der Waals surface area contributed by atoms with Crippen molar-refractivity contribution in [1.82, 2.24) is 14.5 Å². The number of fused-ring (bicyclic) bond motifs is 9. The molecule has 0 aliphatic rings. The second-order valence-corrected chi connectivity index (χ2v) is 10.9. The Labute approximate surface area is 226 Å². The molecule has 0 amide bonds. The lowest BCUT2D eigenvalue weighted by molar-refractivity contribution is 0.669. The van der Waals surface area contributed by atoms with Gasteiger partial charge in [-0.1, -0.05) is 84.9 Å². The third-order valence-electron chi connectivity index (χ3n) is 7.63. The van der Waals surface area contributed by atoms with Crippen LogP contribution in [0.15, 0.2) is 120 Å². The first-order valence-electron chi connectivity index (χ1n) is 12.9. The highest BCUT2D eigenvalue weighted by atomic mass is 32.1. The number of thiophene rings is 1. The van der Waals surface area contributed by atoms with Gasteiger partial charge in [0.2, 0.25) is 0 Å². The van der Waals surface area contributed by atoms with Crippen molar-refractivity contribution in [2.45, 2.75) is 0 Å². The van der Waals surface area contributed by atoms with E-state index in [4.69, 9.17) is 14.4 Å². The van der Waals surface area contributed by atoms with Crippen molar-refractivity contribution in [3.8, 4) is 17.2 Å². The number of aromatic nitrogens is 3. The highest BCUT2D eigenvalue weighted by Crippen LogP contribution is 2.42. The van der Waals surface area contributed by atoms with Gasteiger partial charge in [-0.25, -0.2) is 9.97 Å². The van der Waals surface area contributed by atoms with Gasteiger partial charge in [-0.3, -0.25) is 4.57 Å². The third kappa shape index (κ3) is 2.93. The number of rotatable bonds is 2. The molecule has 0 aliphatic heterocycles. The van der Waals surface area contributed by atoms with Crippen LogP contribution in [0.3, 0.4) is 0 Å². The molecule has 4 heterocycles. The van der Waals surface area contributed by atoms with Crippen molar-refractivity contribution in [1.29, 1.82) is 0 Å². The first kappa shape index (κ1) is 21.0. The van der Waals surface area contributed by atoms with Gasteiger partial charge in [0.1, 0.15) is 16.0 Å². The van der Waals surface area contributed by atoms with E-state index in [1.165, 1.54) is 15.5 Å². The Morgan fingerprint density at radius 2 is 1.31 bits per heavy atom. The van der Waals surface area contributed by atoms with Crippen LogP contribution in [-0.4, -0.2) is 14.5 Å². The molecule has 0 saturated heterocycles. The molecule has 0 fully saturated rings. The Hall–Kier alpha value is -5.00. The predicted octanol–water partition coefficient (Wildman–Crippen LogP) is 9.51. The molecular formula is C34H19N3OS. The van der Waals surface area contributed by atoms with Gasteiger partial charge in [-0.15, -0.1) is 11.3 Å². The van der Waals surface area contributed by atoms with Crippen LogP contribution >= 0.6 is 11.3 Å². The van der Waals surface area contributed by atoms with Gasteiger partial charge in [0, 0.05) is 37.2 Å². The van der Waals surface area contributed by atoms with E-state index in [1.54, 1.807) is 11.3 Å². The summed E-state index contributed by atoms with van der Waals surface area (Å²) in [5.74, 6) is 1.63. The number of furan rings is 1. The summed E-state index contributed by atoms with van der Waals surface area (Å²) in [4.78, 5) is 11.4. The zero-order valence-corrected chi connectivity index (χ0v) is 21.4. The lowest BCUT2D eigenvalue weighted by Gasteiger charge is -2.11. The summed E-state index contributed by atoms with van der Waals surface area (Å²) in [6.45, 7) is 0. The average molecular weight is 518 g/mol. The van der Waals surface area contributed by atoms with Gasteiger partial charge in [0.15, 0.2) is 11.6 Å². The zero-order chi connectivity index (χ0) is 25.5. The minimum atomic E-state index is 0.727. The second kappa shape index (κ2) is 7.76. The number of nitrogens with zero attached hydrogens (tertiary/aromatic N) is 3. The van der Waals surface area contributed by atoms with Gasteiger partial charge < -0.3 is 4.42 Å². The highest BCUT2D eigenvalue weighted by Gasteiger charge is 2.22. The van der Waals surface area contributed by atoms with Crippen LogP contribution in [0.25, 0.3) is 81.3 Å². The summed E-state index contributed by atoms with van der Waals surface area (Å²) in [6.07, 6.45) is 0. The first-order chi connectivity index (χ1) is 19.3. The van der Waals surface area contributed by atoms with Crippen LogP contribution in [0, 0.1) is 0 Å². The normalized spacial score (nSPS) is 12.1. The van der Waals surface area contributed by atoms with Crippen molar-refractivity contribution in [3.05, 3.63) is 115 Å². The average Bonchev–Trinajstić information content (AvgIpc) is 3.65. The van der Waals surface area contributed by atoms with Crippen LogP contribution in [0.5, 0.6) is 0 Å². The van der Waals surface area contributed by atoms with E-state index >= 15 is 0 Å². The molecule has 9 aromatic rings. The van der Waals surface area contributed by atoms with Crippen molar-refractivity contribution in [2.24, 2.45) is 0 Å². The largest absolute Gasteiger partial charge is 0.456 e. The maximum absolute atomic E-state index is 6.28. The van der Waals surface area contributed by atoms with E-state index in [1.807, 2.05) is 30.3 Å². The number of hydrogen-bond acceptors (Lipinski definition) is 4. The minimum absolute atomic E-state index is 0.727. The number of hydrogen-bond donors (Lipinski definition) is 0. The van der Waals surface area contributed by atoms with Crippen LogP contribution < -0.4 is 0 Å². The van der Waals surface area contributed by atoms with Gasteiger partial charge in [0.05, 0.1) is 16.4 Å². The standard InChI is InChI=1S/C34H19N3OS/c1-2-10-20(11-3-1)32-35-33(31-23-14-6-9-17-30(23)39-34(31)36-32)37-26-15-7-4-12-21(26)24-19-29-25(18-27(24)37)22-13-5-8-16-28(22)38-29/h1-19H. The van der Waals surface area contributed by atoms with E-state index in [2.05, 4.69) is 89.5 Å². The Morgan fingerprint density at radius 3 is 2.21 bits per heavy atom. The molecule has 9 rings (SSSR count). The fourth-order valence-corrected chi connectivity index (χ4v) is 6.97. The molecule has 182 valence electrons. The van der Waals surface area contributed by atoms with Gasteiger partial charge in [-0.2, -0.15) is 0 Å². The molecule has 0 N–H and O–H groups in total. The fourth-order valence-electron chi connectivity index (χ4n) is 5.90. The topological polar surface area (TPSA) is 43.9 Å². The van der Waals surface area contributed by atoms with Crippen molar-refractivity contribution in [3.63, 3.8) is 0 Å². The van der Waals surface area contributed by atoms with E-state index in [0.29, 0.717) is 0 Å². The molecule has 4 nitrogen and oxygen atoms in total. The summed E-state index contributed by atoms with van der Waals surface area (Å²) in [5, 5.41) is 6.78. The highest BCUT2D eigenvalue weighted by molar-refractivity contribution is 7.25. The van der Waals surface area contributed by atoms with Crippen LogP contribution in [0.4, 0.5) is 0 Å². The van der Waals surface area contributed by atoms with E-state index in [0.717, 1.165) is 65.8 Å². The van der Waals surface area contributed by atoms with Gasteiger partial charge in [0.25, 0.3) is 0 Å². The molecule has 0 atom stereocenters. The molecule has 0 saturated carbocycles. The molecule has 5 aromatic carbocycles. The first-order valence-corrected chi connectivity index (χ1v) is 13.7. The summed E-state index contributed by atoms with van der Waals surface area (Å²) >= 11 is 1.72. The lowest BCUT2D eigenvalue weighted by atomic mass is 10.1. The summed E-state index contributed by atoms with van der Waals surface area (Å²) < 4.78 is 9.81. The summed E-state index contributed by atoms with van der Waals surface area (Å²) in [6, 6.07) is 40.0. The number of benzene rings is 5. The molecule has 0 radical (unpaired) electrons. The molecule has 0 unspecified atom stereocenters. The monoisotopic (exact) mass is 517 g/mol. The zero-order valence-electron chi connectivity index (χ0n) is 20.6. The van der Waals surface area contributed by atoms with Gasteiger partial charge >= 0.3 is 0 Å².